The number of piperidine rings is 1. The molecule has 1 aliphatic rings. The Balaban J connectivity index is 1.58. The summed E-state index contributed by atoms with van der Waals surface area (Å²) in [5.41, 5.74) is 1.50. The van der Waals surface area contributed by atoms with Gasteiger partial charge >= 0.3 is 0 Å². The summed E-state index contributed by atoms with van der Waals surface area (Å²) in [6.07, 6.45) is 10.5. The summed E-state index contributed by atoms with van der Waals surface area (Å²) in [6, 6.07) is 11.3. The number of nitrogens with zero attached hydrogens (tertiary/aromatic N) is 2. The molecule has 0 aliphatic carbocycles. The number of aromatic nitrogens is 1. The Kier molecular flexibility index (Phi) is 6.35. The van der Waals surface area contributed by atoms with Crippen LogP contribution in [0.2, 0.25) is 0 Å². The maximum atomic E-state index is 12.2. The van der Waals surface area contributed by atoms with E-state index in [4.69, 9.17) is 4.74 Å². The third-order valence-electron chi connectivity index (χ3n) is 4.39. The van der Waals surface area contributed by atoms with Crippen LogP contribution in [0.25, 0.3) is 6.08 Å². The monoisotopic (exact) mass is 336 g/mol. The Hall–Kier alpha value is -2.46. The number of pyridine rings is 1. The number of ketones is 1. The van der Waals surface area contributed by atoms with Crippen molar-refractivity contribution in [3.8, 4) is 5.75 Å². The molecule has 4 nitrogen and oxygen atoms in total. The van der Waals surface area contributed by atoms with Gasteiger partial charge in [0.1, 0.15) is 12.4 Å². The highest BCUT2D eigenvalue weighted by molar-refractivity contribution is 6.06. The van der Waals surface area contributed by atoms with Crippen LogP contribution < -0.4 is 4.74 Å². The summed E-state index contributed by atoms with van der Waals surface area (Å²) in [5, 5.41) is 0. The molecule has 2 heterocycles. The van der Waals surface area contributed by atoms with Crippen molar-refractivity contribution >= 4 is 11.9 Å². The molecule has 1 saturated heterocycles. The minimum atomic E-state index is -0.0591. The van der Waals surface area contributed by atoms with Crippen molar-refractivity contribution < 1.29 is 9.53 Å². The van der Waals surface area contributed by atoms with Gasteiger partial charge < -0.3 is 4.74 Å². The first-order valence-electron chi connectivity index (χ1n) is 8.89. The summed E-state index contributed by atoms with van der Waals surface area (Å²) in [5.74, 6) is 0.756. The molecule has 1 aromatic heterocycles. The minimum Gasteiger partial charge on any atom is -0.492 e. The van der Waals surface area contributed by atoms with Gasteiger partial charge in [0.05, 0.1) is 0 Å². The molecule has 0 radical (unpaired) electrons. The van der Waals surface area contributed by atoms with E-state index in [1.807, 2.05) is 30.3 Å². The number of hydrogen-bond donors (Lipinski definition) is 0. The molecule has 4 heteroatoms. The fourth-order valence-electron chi connectivity index (χ4n) is 2.99. The molecule has 0 unspecified atom stereocenters. The highest BCUT2D eigenvalue weighted by Crippen LogP contribution is 2.20. The van der Waals surface area contributed by atoms with Crippen molar-refractivity contribution in [2.45, 2.75) is 19.3 Å². The third kappa shape index (κ3) is 5.26. The van der Waals surface area contributed by atoms with Crippen molar-refractivity contribution in [3.05, 3.63) is 66.0 Å². The first-order valence-corrected chi connectivity index (χ1v) is 8.89. The number of allylic oxidation sites excluding steroid dienone is 1. The van der Waals surface area contributed by atoms with Crippen molar-refractivity contribution in [1.82, 2.24) is 9.88 Å². The van der Waals surface area contributed by atoms with E-state index in [1.165, 1.54) is 32.4 Å². The van der Waals surface area contributed by atoms with Gasteiger partial charge in [0, 0.05) is 30.1 Å². The lowest BCUT2D eigenvalue weighted by Crippen LogP contribution is -2.33. The Bertz CT molecular complexity index is 707. The summed E-state index contributed by atoms with van der Waals surface area (Å²) in [7, 11) is 0. The van der Waals surface area contributed by atoms with Gasteiger partial charge in [-0.05, 0) is 56.3 Å². The molecule has 1 aliphatic heterocycles. The second-order valence-corrected chi connectivity index (χ2v) is 6.23. The summed E-state index contributed by atoms with van der Waals surface area (Å²) in [6.45, 7) is 3.96. The van der Waals surface area contributed by atoms with Gasteiger partial charge in [-0.2, -0.15) is 0 Å². The van der Waals surface area contributed by atoms with E-state index in [1.54, 1.807) is 30.6 Å². The largest absolute Gasteiger partial charge is 0.492 e. The van der Waals surface area contributed by atoms with Crippen LogP contribution in [0.15, 0.2) is 54.9 Å². The van der Waals surface area contributed by atoms with Crippen molar-refractivity contribution in [2.24, 2.45) is 0 Å². The molecule has 0 N–H and O–H groups in total. The molecule has 0 saturated carbocycles. The van der Waals surface area contributed by atoms with Crippen LogP contribution in [0.1, 0.15) is 35.2 Å². The Morgan fingerprint density at radius 2 is 1.96 bits per heavy atom. The van der Waals surface area contributed by atoms with E-state index in [9.17, 15) is 4.79 Å². The number of ether oxygens (including phenoxy) is 1. The SMILES string of the molecule is O=C(C=Cc1ccccc1OCCN1CCCCC1)c1cccnc1. The fourth-order valence-corrected chi connectivity index (χ4v) is 2.99. The summed E-state index contributed by atoms with van der Waals surface area (Å²) >= 11 is 0. The van der Waals surface area contributed by atoms with Crippen LogP contribution in [0.3, 0.4) is 0 Å². The molecule has 3 rings (SSSR count). The highest BCUT2D eigenvalue weighted by atomic mass is 16.5. The van der Waals surface area contributed by atoms with E-state index < -0.39 is 0 Å². The smallest absolute Gasteiger partial charge is 0.187 e. The molecule has 25 heavy (non-hydrogen) atoms. The normalized spacial score (nSPS) is 15.4. The molecule has 130 valence electrons. The average Bonchev–Trinajstić information content (AvgIpc) is 2.68. The van der Waals surface area contributed by atoms with Crippen LogP contribution in [0.4, 0.5) is 0 Å². The van der Waals surface area contributed by atoms with Gasteiger partial charge in [-0.15, -0.1) is 0 Å². The van der Waals surface area contributed by atoms with Gasteiger partial charge in [0.25, 0.3) is 0 Å². The predicted octanol–water partition coefficient (Wildman–Crippen LogP) is 3.84. The first kappa shape index (κ1) is 17.4. The fraction of sp³-hybridized carbons (Fsp3) is 0.333. The van der Waals surface area contributed by atoms with E-state index in [2.05, 4.69) is 9.88 Å². The molecule has 0 bridgehead atoms. The lowest BCUT2D eigenvalue weighted by atomic mass is 10.1. The zero-order valence-corrected chi connectivity index (χ0v) is 14.4. The van der Waals surface area contributed by atoms with Gasteiger partial charge in [0.2, 0.25) is 0 Å². The van der Waals surface area contributed by atoms with Gasteiger partial charge in [-0.3, -0.25) is 14.7 Å². The number of rotatable bonds is 7. The lowest BCUT2D eigenvalue weighted by Gasteiger charge is -2.26. The summed E-state index contributed by atoms with van der Waals surface area (Å²) < 4.78 is 5.96. The zero-order valence-electron chi connectivity index (χ0n) is 14.4. The van der Waals surface area contributed by atoms with Gasteiger partial charge in [-0.25, -0.2) is 0 Å². The number of para-hydroxylation sites is 1. The van der Waals surface area contributed by atoms with Crippen LogP contribution in [0.5, 0.6) is 5.75 Å². The lowest BCUT2D eigenvalue weighted by molar-refractivity contribution is 0.104. The maximum absolute atomic E-state index is 12.2. The number of hydrogen-bond acceptors (Lipinski definition) is 4. The van der Waals surface area contributed by atoms with Crippen molar-refractivity contribution in [2.75, 3.05) is 26.2 Å². The quantitative estimate of drug-likeness (QED) is 0.569. The Labute approximate surface area is 149 Å². The summed E-state index contributed by atoms with van der Waals surface area (Å²) in [4.78, 5) is 18.6. The highest BCUT2D eigenvalue weighted by Gasteiger charge is 2.10. The maximum Gasteiger partial charge on any atom is 0.187 e. The zero-order chi connectivity index (χ0) is 17.3. The molecule has 1 aromatic carbocycles. The van der Waals surface area contributed by atoms with Crippen molar-refractivity contribution in [1.29, 1.82) is 0 Å². The van der Waals surface area contributed by atoms with Crippen LogP contribution in [0, 0.1) is 0 Å². The number of likely N-dealkylation sites (tertiary alicyclic amines) is 1. The second-order valence-electron chi connectivity index (χ2n) is 6.23. The molecule has 0 atom stereocenters. The Morgan fingerprint density at radius 3 is 2.76 bits per heavy atom. The molecular formula is C21H24N2O2. The third-order valence-corrected chi connectivity index (χ3v) is 4.39. The minimum absolute atomic E-state index is 0.0591. The molecule has 0 amide bonds. The van der Waals surface area contributed by atoms with E-state index >= 15 is 0 Å². The number of carbonyl (C=O) groups excluding carboxylic acids is 1. The predicted molar refractivity (Wildman–Crippen MR) is 99.8 cm³/mol. The van der Waals surface area contributed by atoms with Gasteiger partial charge in [0.15, 0.2) is 5.78 Å². The average molecular weight is 336 g/mol. The van der Waals surface area contributed by atoms with E-state index in [0.717, 1.165) is 17.9 Å². The van der Waals surface area contributed by atoms with Crippen LogP contribution in [-0.4, -0.2) is 41.9 Å². The van der Waals surface area contributed by atoms with Crippen LogP contribution in [-0.2, 0) is 0 Å². The number of benzene rings is 1. The van der Waals surface area contributed by atoms with Crippen molar-refractivity contribution in [3.63, 3.8) is 0 Å². The topological polar surface area (TPSA) is 42.4 Å². The Morgan fingerprint density at radius 1 is 1.12 bits per heavy atom. The van der Waals surface area contributed by atoms with Gasteiger partial charge in [-0.1, -0.05) is 24.6 Å². The molecule has 0 spiro atoms. The number of carbonyl (C=O) groups is 1. The first-order chi connectivity index (χ1) is 12.3. The molecule has 2 aromatic rings. The standard InChI is InChI=1S/C21H24N2O2/c24-20(19-8-6-12-22-17-19)11-10-18-7-2-3-9-21(18)25-16-15-23-13-4-1-5-14-23/h2-3,6-12,17H,1,4-5,13-16H2. The van der Waals surface area contributed by atoms with E-state index in [-0.39, 0.29) is 5.78 Å². The van der Waals surface area contributed by atoms with Crippen LogP contribution >= 0.6 is 0 Å². The van der Waals surface area contributed by atoms with E-state index in [0.29, 0.717) is 12.2 Å². The second kappa shape index (κ2) is 9.14. The molecular weight excluding hydrogens is 312 g/mol. The molecule has 1 fully saturated rings.